The van der Waals surface area contributed by atoms with Crippen molar-refractivity contribution in [2.75, 3.05) is 13.2 Å². The smallest absolute Gasteiger partial charge is 0.410 e. The predicted molar refractivity (Wildman–Crippen MR) is 76.4 cm³/mol. The minimum atomic E-state index is -0.510. The number of likely N-dealkylation sites (tertiary alicyclic amines) is 1. The highest BCUT2D eigenvalue weighted by atomic mass is 16.6. The molecule has 5 nitrogen and oxygen atoms in total. The summed E-state index contributed by atoms with van der Waals surface area (Å²) in [7, 11) is 0. The summed E-state index contributed by atoms with van der Waals surface area (Å²) in [4.78, 5) is 25.2. The van der Waals surface area contributed by atoms with Crippen molar-refractivity contribution in [2.24, 2.45) is 0 Å². The van der Waals surface area contributed by atoms with Crippen LogP contribution in [0.3, 0.4) is 0 Å². The van der Waals surface area contributed by atoms with Gasteiger partial charge in [0.1, 0.15) is 5.60 Å². The molecular weight excluding hydrogens is 258 g/mol. The summed E-state index contributed by atoms with van der Waals surface area (Å²) in [6.07, 6.45) is 5.66. The van der Waals surface area contributed by atoms with Gasteiger partial charge in [0.25, 0.3) is 0 Å². The summed E-state index contributed by atoms with van der Waals surface area (Å²) in [6.45, 7) is 8.31. The van der Waals surface area contributed by atoms with E-state index in [1.54, 1.807) is 17.9 Å². The quantitative estimate of drug-likeness (QED) is 0.590. The first-order chi connectivity index (χ1) is 9.33. The zero-order valence-corrected chi connectivity index (χ0v) is 12.8. The molecule has 0 radical (unpaired) electrons. The molecule has 1 atom stereocenters. The molecular formula is C15H25NO4. The maximum atomic E-state index is 12.1. The van der Waals surface area contributed by atoms with Gasteiger partial charge in [0, 0.05) is 12.6 Å². The van der Waals surface area contributed by atoms with Gasteiger partial charge in [-0.2, -0.15) is 0 Å². The van der Waals surface area contributed by atoms with Crippen LogP contribution in [0.4, 0.5) is 4.79 Å². The standard InChI is InChI=1S/C15H25NO4/c1-5-19-13(17)10-9-12-8-6-7-11-16(12)14(18)20-15(2,3)4/h9-10,12H,5-8,11H2,1-4H3. The largest absolute Gasteiger partial charge is 0.463 e. The normalized spacial score (nSPS) is 20.0. The Bertz CT molecular complexity index is 371. The first-order valence-corrected chi connectivity index (χ1v) is 7.18. The molecule has 0 aliphatic carbocycles. The molecule has 1 aliphatic rings. The minimum absolute atomic E-state index is 0.0944. The molecule has 1 aliphatic heterocycles. The molecule has 0 bridgehead atoms. The summed E-state index contributed by atoms with van der Waals surface area (Å²) in [5.74, 6) is -0.373. The molecule has 1 fully saturated rings. The van der Waals surface area contributed by atoms with Crippen LogP contribution in [0.2, 0.25) is 0 Å². The van der Waals surface area contributed by atoms with Crippen LogP contribution < -0.4 is 0 Å². The van der Waals surface area contributed by atoms with Gasteiger partial charge in [0.05, 0.1) is 12.6 Å². The van der Waals surface area contributed by atoms with Crippen molar-refractivity contribution >= 4 is 12.1 Å². The lowest BCUT2D eigenvalue weighted by atomic mass is 10.0. The Morgan fingerprint density at radius 3 is 2.60 bits per heavy atom. The van der Waals surface area contributed by atoms with E-state index >= 15 is 0 Å². The number of carbonyl (C=O) groups is 2. The molecule has 0 spiro atoms. The fraction of sp³-hybridized carbons (Fsp3) is 0.733. The highest BCUT2D eigenvalue weighted by Gasteiger charge is 2.29. The Labute approximate surface area is 120 Å². The number of nitrogens with zero attached hydrogens (tertiary/aromatic N) is 1. The Morgan fingerprint density at radius 1 is 1.30 bits per heavy atom. The Kier molecular flexibility index (Phi) is 6.05. The fourth-order valence-corrected chi connectivity index (χ4v) is 2.08. The molecule has 0 saturated carbocycles. The Balaban J connectivity index is 2.67. The van der Waals surface area contributed by atoms with E-state index < -0.39 is 5.60 Å². The lowest BCUT2D eigenvalue weighted by Gasteiger charge is -2.35. The van der Waals surface area contributed by atoms with E-state index in [1.165, 1.54) is 6.08 Å². The van der Waals surface area contributed by atoms with Gasteiger partial charge in [0.15, 0.2) is 0 Å². The van der Waals surface area contributed by atoms with E-state index in [9.17, 15) is 9.59 Å². The maximum absolute atomic E-state index is 12.1. The van der Waals surface area contributed by atoms with Crippen molar-refractivity contribution in [3.8, 4) is 0 Å². The van der Waals surface area contributed by atoms with E-state index in [4.69, 9.17) is 9.47 Å². The van der Waals surface area contributed by atoms with Crippen molar-refractivity contribution in [3.63, 3.8) is 0 Å². The number of piperidine rings is 1. The second kappa shape index (κ2) is 7.31. The number of amides is 1. The van der Waals surface area contributed by atoms with Crippen molar-refractivity contribution in [3.05, 3.63) is 12.2 Å². The summed E-state index contributed by atoms with van der Waals surface area (Å²) in [5, 5.41) is 0. The monoisotopic (exact) mass is 283 g/mol. The summed E-state index contributed by atoms with van der Waals surface area (Å²) < 4.78 is 10.2. The second-order valence-electron chi connectivity index (χ2n) is 5.85. The van der Waals surface area contributed by atoms with Gasteiger partial charge in [-0.15, -0.1) is 0 Å². The van der Waals surface area contributed by atoms with E-state index in [0.717, 1.165) is 19.3 Å². The third-order valence-corrected chi connectivity index (χ3v) is 2.92. The summed E-state index contributed by atoms with van der Waals surface area (Å²) >= 11 is 0. The highest BCUT2D eigenvalue weighted by molar-refractivity contribution is 5.82. The van der Waals surface area contributed by atoms with E-state index in [-0.39, 0.29) is 18.1 Å². The van der Waals surface area contributed by atoms with Crippen LogP contribution in [0.1, 0.15) is 47.0 Å². The highest BCUT2D eigenvalue weighted by Crippen LogP contribution is 2.21. The number of hydrogen-bond donors (Lipinski definition) is 0. The number of esters is 1. The van der Waals surface area contributed by atoms with Crippen LogP contribution in [0.15, 0.2) is 12.2 Å². The number of carbonyl (C=O) groups excluding carboxylic acids is 2. The number of hydrogen-bond acceptors (Lipinski definition) is 4. The third kappa shape index (κ3) is 5.63. The molecule has 5 heteroatoms. The molecule has 1 rings (SSSR count). The lowest BCUT2D eigenvalue weighted by Crippen LogP contribution is -2.45. The molecule has 20 heavy (non-hydrogen) atoms. The molecule has 1 unspecified atom stereocenters. The van der Waals surface area contributed by atoms with Crippen LogP contribution in [-0.4, -0.2) is 41.8 Å². The van der Waals surface area contributed by atoms with Crippen LogP contribution >= 0.6 is 0 Å². The zero-order valence-electron chi connectivity index (χ0n) is 12.8. The van der Waals surface area contributed by atoms with Crippen molar-refractivity contribution in [2.45, 2.75) is 58.6 Å². The molecule has 114 valence electrons. The van der Waals surface area contributed by atoms with Gasteiger partial charge in [-0.05, 0) is 47.0 Å². The van der Waals surface area contributed by atoms with Gasteiger partial charge in [0.2, 0.25) is 0 Å². The lowest BCUT2D eigenvalue weighted by molar-refractivity contribution is -0.137. The molecule has 0 N–H and O–H groups in total. The van der Waals surface area contributed by atoms with Crippen molar-refractivity contribution in [1.29, 1.82) is 0 Å². The topological polar surface area (TPSA) is 55.8 Å². The SMILES string of the molecule is CCOC(=O)C=CC1CCCCN1C(=O)OC(C)(C)C. The predicted octanol–water partition coefficient (Wildman–Crippen LogP) is 2.90. The fourth-order valence-electron chi connectivity index (χ4n) is 2.08. The van der Waals surface area contributed by atoms with Crippen LogP contribution in [0, 0.1) is 0 Å². The molecule has 1 amide bonds. The van der Waals surface area contributed by atoms with E-state index in [0.29, 0.717) is 13.2 Å². The second-order valence-corrected chi connectivity index (χ2v) is 5.85. The van der Waals surface area contributed by atoms with Gasteiger partial charge in [-0.25, -0.2) is 9.59 Å². The Morgan fingerprint density at radius 2 is 2.00 bits per heavy atom. The minimum Gasteiger partial charge on any atom is -0.463 e. The third-order valence-electron chi connectivity index (χ3n) is 2.92. The average Bonchev–Trinajstić information content (AvgIpc) is 2.35. The van der Waals surface area contributed by atoms with E-state index in [1.807, 2.05) is 20.8 Å². The molecule has 0 aromatic heterocycles. The summed E-state index contributed by atoms with van der Waals surface area (Å²) in [5.41, 5.74) is -0.510. The van der Waals surface area contributed by atoms with E-state index in [2.05, 4.69) is 0 Å². The number of ether oxygens (including phenoxy) is 2. The summed E-state index contributed by atoms with van der Waals surface area (Å²) in [6, 6.07) is -0.0944. The first kappa shape index (κ1) is 16.5. The number of rotatable bonds is 3. The van der Waals surface area contributed by atoms with Crippen LogP contribution in [0.25, 0.3) is 0 Å². The molecule has 0 aromatic carbocycles. The molecule has 1 saturated heterocycles. The zero-order chi connectivity index (χ0) is 15.2. The maximum Gasteiger partial charge on any atom is 0.410 e. The van der Waals surface area contributed by atoms with Gasteiger partial charge in [-0.1, -0.05) is 6.08 Å². The van der Waals surface area contributed by atoms with Crippen molar-refractivity contribution < 1.29 is 19.1 Å². The molecule has 0 aromatic rings. The van der Waals surface area contributed by atoms with Gasteiger partial charge < -0.3 is 14.4 Å². The first-order valence-electron chi connectivity index (χ1n) is 7.18. The molecule has 1 heterocycles. The average molecular weight is 283 g/mol. The van der Waals surface area contributed by atoms with Gasteiger partial charge >= 0.3 is 12.1 Å². The van der Waals surface area contributed by atoms with Gasteiger partial charge in [-0.3, -0.25) is 0 Å². The van der Waals surface area contributed by atoms with Crippen molar-refractivity contribution in [1.82, 2.24) is 4.90 Å². The van der Waals surface area contributed by atoms with Crippen LogP contribution in [0.5, 0.6) is 0 Å². The van der Waals surface area contributed by atoms with Crippen LogP contribution in [-0.2, 0) is 14.3 Å². The Hall–Kier alpha value is -1.52.